The summed E-state index contributed by atoms with van der Waals surface area (Å²) in [5.41, 5.74) is 2.84. The fraction of sp³-hybridized carbons (Fsp3) is 0.286. The van der Waals surface area contributed by atoms with Crippen molar-refractivity contribution in [3.63, 3.8) is 0 Å². The van der Waals surface area contributed by atoms with Crippen LogP contribution in [0.4, 0.5) is 0 Å². The van der Waals surface area contributed by atoms with Gasteiger partial charge >= 0.3 is 0 Å². The Balaban J connectivity index is 2.12. The summed E-state index contributed by atoms with van der Waals surface area (Å²) in [7, 11) is 0. The molecule has 0 bridgehead atoms. The number of nitrogens with zero attached hydrogens (tertiary/aromatic N) is 1. The van der Waals surface area contributed by atoms with Gasteiger partial charge in [0.05, 0.1) is 5.71 Å². The lowest BCUT2D eigenvalue weighted by Gasteiger charge is -2.18. The van der Waals surface area contributed by atoms with E-state index in [0.29, 0.717) is 0 Å². The Hall–Kier alpha value is -1.80. The van der Waals surface area contributed by atoms with Crippen LogP contribution in [0.5, 0.6) is 0 Å². The third-order valence-corrected chi connectivity index (χ3v) is 6.54. The van der Waals surface area contributed by atoms with E-state index < -0.39 is 11.4 Å². The van der Waals surface area contributed by atoms with Crippen LogP contribution in [-0.4, -0.2) is 15.0 Å². The maximum Gasteiger partial charge on any atom is 0.144 e. The van der Waals surface area contributed by atoms with Gasteiger partial charge in [-0.05, 0) is 65.0 Å². The molecular formula is C21H21NOS2. The van der Waals surface area contributed by atoms with Gasteiger partial charge in [0.2, 0.25) is 0 Å². The normalized spacial score (nSPS) is 13.8. The molecule has 2 aromatic carbocycles. The summed E-state index contributed by atoms with van der Waals surface area (Å²) in [5.74, 6) is 6.08. The van der Waals surface area contributed by atoms with Crippen LogP contribution >= 0.6 is 11.3 Å². The summed E-state index contributed by atoms with van der Waals surface area (Å²) in [4.78, 5) is 0. The van der Waals surface area contributed by atoms with Crippen molar-refractivity contribution in [3.8, 4) is 11.8 Å². The predicted octanol–water partition coefficient (Wildman–Crippen LogP) is 5.70. The first-order valence-electron chi connectivity index (χ1n) is 8.16. The number of hydrogen-bond donors (Lipinski definition) is 0. The Bertz CT molecular complexity index is 1030. The first-order valence-corrected chi connectivity index (χ1v) is 10.1. The molecule has 0 aliphatic heterocycles. The lowest BCUT2D eigenvalue weighted by atomic mass is 10.1. The van der Waals surface area contributed by atoms with Crippen molar-refractivity contribution >= 4 is 48.6 Å². The van der Waals surface area contributed by atoms with E-state index in [2.05, 4.69) is 52.6 Å². The zero-order chi connectivity index (χ0) is 18.2. The van der Waals surface area contributed by atoms with E-state index in [4.69, 9.17) is 0 Å². The summed E-state index contributed by atoms with van der Waals surface area (Å²) < 4.78 is 18.8. The van der Waals surface area contributed by atoms with Crippen molar-refractivity contribution in [2.45, 2.75) is 39.4 Å². The molecule has 0 fully saturated rings. The van der Waals surface area contributed by atoms with Crippen LogP contribution in [-0.2, 0) is 11.4 Å². The van der Waals surface area contributed by atoms with Crippen LogP contribution in [0, 0.1) is 11.8 Å². The molecule has 0 saturated carbocycles. The summed E-state index contributed by atoms with van der Waals surface area (Å²) in [6.45, 7) is 9.58. The van der Waals surface area contributed by atoms with Crippen LogP contribution in [0.2, 0.25) is 0 Å². The van der Waals surface area contributed by atoms with E-state index in [1.807, 2.05) is 34.6 Å². The number of rotatable bonds is 2. The van der Waals surface area contributed by atoms with Gasteiger partial charge in [0.15, 0.2) is 0 Å². The molecule has 0 spiro atoms. The van der Waals surface area contributed by atoms with Gasteiger partial charge < -0.3 is 4.55 Å². The standard InChI is InChI=1S/C21H21NOS2/c1-6-7-15-8-10-19-17(12-15)18-13-16(9-11-20(18)24-19)14(2)22-25(23)21(3,4)5/h8-13H,1-5H3/t25-/m1/s1. The maximum absolute atomic E-state index is 12.3. The Morgan fingerprint density at radius 3 is 2.36 bits per heavy atom. The van der Waals surface area contributed by atoms with Crippen molar-refractivity contribution in [2.75, 3.05) is 0 Å². The van der Waals surface area contributed by atoms with Gasteiger partial charge in [0, 0.05) is 31.3 Å². The van der Waals surface area contributed by atoms with Gasteiger partial charge in [-0.15, -0.1) is 17.3 Å². The minimum absolute atomic E-state index is 0.353. The molecule has 2 nitrogen and oxygen atoms in total. The minimum atomic E-state index is -1.25. The molecule has 0 aliphatic carbocycles. The van der Waals surface area contributed by atoms with Crippen molar-refractivity contribution in [2.24, 2.45) is 4.40 Å². The molecule has 0 aliphatic rings. The Morgan fingerprint density at radius 1 is 1.08 bits per heavy atom. The topological polar surface area (TPSA) is 35.4 Å². The molecular weight excluding hydrogens is 346 g/mol. The second kappa shape index (κ2) is 6.84. The highest BCUT2D eigenvalue weighted by molar-refractivity contribution is 7.91. The van der Waals surface area contributed by atoms with Gasteiger partial charge in [-0.2, -0.15) is 0 Å². The van der Waals surface area contributed by atoms with Gasteiger partial charge in [0.25, 0.3) is 0 Å². The fourth-order valence-corrected chi connectivity index (χ4v) is 4.23. The quantitative estimate of drug-likeness (QED) is 0.325. The SMILES string of the molecule is CC#Cc1ccc2sc3ccc(C(C)=N[S@+]([O-])C(C)(C)C)cc3c2c1. The number of thiophene rings is 1. The van der Waals surface area contributed by atoms with Crippen molar-refractivity contribution in [1.82, 2.24) is 0 Å². The molecule has 0 radical (unpaired) electrons. The molecule has 3 aromatic rings. The highest BCUT2D eigenvalue weighted by Crippen LogP contribution is 2.35. The summed E-state index contributed by atoms with van der Waals surface area (Å²) >= 11 is 0.526. The van der Waals surface area contributed by atoms with E-state index in [9.17, 15) is 4.55 Å². The zero-order valence-electron chi connectivity index (χ0n) is 15.1. The highest BCUT2D eigenvalue weighted by atomic mass is 32.2. The Morgan fingerprint density at radius 2 is 1.72 bits per heavy atom. The second-order valence-electron chi connectivity index (χ2n) is 6.94. The van der Waals surface area contributed by atoms with Gasteiger partial charge in [-0.3, -0.25) is 0 Å². The Kier molecular flexibility index (Phi) is 4.92. The summed E-state index contributed by atoms with van der Waals surface area (Å²) in [6, 6.07) is 12.7. The fourth-order valence-electron chi connectivity index (χ4n) is 2.54. The third kappa shape index (κ3) is 3.74. The lowest BCUT2D eigenvalue weighted by Crippen LogP contribution is -2.26. The maximum atomic E-state index is 12.3. The molecule has 1 atom stereocenters. The molecule has 4 heteroatoms. The van der Waals surface area contributed by atoms with Crippen LogP contribution < -0.4 is 0 Å². The summed E-state index contributed by atoms with van der Waals surface area (Å²) in [5, 5.41) is 2.42. The minimum Gasteiger partial charge on any atom is -0.591 e. The van der Waals surface area contributed by atoms with E-state index in [1.165, 1.54) is 20.2 Å². The molecule has 3 rings (SSSR count). The molecule has 0 unspecified atom stereocenters. The largest absolute Gasteiger partial charge is 0.591 e. The third-order valence-electron chi connectivity index (χ3n) is 3.90. The van der Waals surface area contributed by atoms with E-state index in [0.717, 1.165) is 16.8 Å². The predicted molar refractivity (Wildman–Crippen MR) is 112 cm³/mol. The monoisotopic (exact) mass is 367 g/mol. The number of benzene rings is 2. The van der Waals surface area contributed by atoms with E-state index in [-0.39, 0.29) is 4.75 Å². The molecule has 0 amide bonds. The van der Waals surface area contributed by atoms with Crippen LogP contribution in [0.1, 0.15) is 45.7 Å². The van der Waals surface area contributed by atoms with Gasteiger partial charge in [-0.25, -0.2) is 0 Å². The van der Waals surface area contributed by atoms with Crippen molar-refractivity contribution in [1.29, 1.82) is 0 Å². The van der Waals surface area contributed by atoms with Crippen LogP contribution in [0.25, 0.3) is 20.2 Å². The molecule has 25 heavy (non-hydrogen) atoms. The summed E-state index contributed by atoms with van der Waals surface area (Å²) in [6.07, 6.45) is 0. The van der Waals surface area contributed by atoms with Crippen LogP contribution in [0.3, 0.4) is 0 Å². The van der Waals surface area contributed by atoms with Crippen molar-refractivity contribution < 1.29 is 4.55 Å². The van der Waals surface area contributed by atoms with E-state index in [1.54, 1.807) is 11.3 Å². The lowest BCUT2D eigenvalue weighted by molar-refractivity contribution is 0.561. The van der Waals surface area contributed by atoms with Crippen LogP contribution in [0.15, 0.2) is 40.8 Å². The Labute approximate surface area is 156 Å². The van der Waals surface area contributed by atoms with E-state index >= 15 is 0 Å². The average Bonchev–Trinajstić information content (AvgIpc) is 2.91. The van der Waals surface area contributed by atoms with Gasteiger partial charge in [0.1, 0.15) is 16.1 Å². The van der Waals surface area contributed by atoms with Crippen molar-refractivity contribution in [3.05, 3.63) is 47.5 Å². The molecule has 1 aromatic heterocycles. The molecule has 0 N–H and O–H groups in total. The smallest absolute Gasteiger partial charge is 0.144 e. The average molecular weight is 368 g/mol. The molecule has 128 valence electrons. The molecule has 0 saturated heterocycles. The first-order chi connectivity index (χ1) is 11.8. The zero-order valence-corrected chi connectivity index (χ0v) is 16.8. The first kappa shape index (κ1) is 18.0. The molecule has 1 heterocycles. The number of hydrogen-bond acceptors (Lipinski definition) is 3. The number of fused-ring (bicyclic) bond motifs is 3. The van der Waals surface area contributed by atoms with Gasteiger partial charge in [-0.1, -0.05) is 16.4 Å². The highest BCUT2D eigenvalue weighted by Gasteiger charge is 2.26. The second-order valence-corrected chi connectivity index (χ2v) is 9.93.